The van der Waals surface area contributed by atoms with Gasteiger partial charge >= 0.3 is 0 Å². The lowest BCUT2D eigenvalue weighted by Gasteiger charge is -2.40. The molecule has 2 saturated heterocycles. The molecule has 1 N–H and O–H groups in total. The molecule has 2 aliphatic rings. The summed E-state index contributed by atoms with van der Waals surface area (Å²) in [4.78, 5) is 2.86. The van der Waals surface area contributed by atoms with Crippen molar-refractivity contribution in [2.24, 2.45) is 0 Å². The molecule has 6 heteroatoms. The summed E-state index contributed by atoms with van der Waals surface area (Å²) >= 11 is 0. The van der Waals surface area contributed by atoms with E-state index in [0.29, 0.717) is 10.9 Å². The van der Waals surface area contributed by atoms with Crippen molar-refractivity contribution in [3.63, 3.8) is 0 Å². The Balaban J connectivity index is 1.56. The molecule has 2 aromatic carbocycles. The quantitative estimate of drug-likeness (QED) is 0.648. The highest BCUT2D eigenvalue weighted by Gasteiger charge is 2.34. The van der Waals surface area contributed by atoms with Gasteiger partial charge in [-0.25, -0.2) is 12.4 Å². The Morgan fingerprint density at radius 1 is 0.968 bits per heavy atom. The van der Waals surface area contributed by atoms with Gasteiger partial charge in [-0.15, -0.1) is 0 Å². The van der Waals surface area contributed by atoms with Crippen molar-refractivity contribution in [1.29, 1.82) is 0 Å². The molecule has 3 atom stereocenters. The molecule has 5 rings (SSSR count). The van der Waals surface area contributed by atoms with E-state index < -0.39 is 10.0 Å². The van der Waals surface area contributed by atoms with Gasteiger partial charge in [-0.3, -0.25) is 4.90 Å². The maximum atomic E-state index is 13.4. The summed E-state index contributed by atoms with van der Waals surface area (Å²) in [5.41, 5.74) is 2.90. The Morgan fingerprint density at radius 3 is 2.58 bits per heavy atom. The number of aliphatic hydroxyl groups is 1. The van der Waals surface area contributed by atoms with E-state index in [-0.39, 0.29) is 12.1 Å². The third kappa shape index (κ3) is 3.81. The van der Waals surface area contributed by atoms with Crippen LogP contribution in [0.2, 0.25) is 0 Å². The number of aliphatic hydroxyl groups excluding tert-OH is 1. The molecule has 3 aromatic rings. The number of hydrogen-bond acceptors (Lipinski definition) is 4. The van der Waals surface area contributed by atoms with Crippen LogP contribution in [-0.4, -0.2) is 41.1 Å². The van der Waals surface area contributed by atoms with Crippen molar-refractivity contribution < 1.29 is 13.5 Å². The van der Waals surface area contributed by atoms with Crippen LogP contribution in [0.1, 0.15) is 55.7 Å². The predicted molar refractivity (Wildman–Crippen MR) is 123 cm³/mol. The maximum absolute atomic E-state index is 13.4. The second-order valence-corrected chi connectivity index (χ2v) is 10.9. The molecule has 2 fully saturated rings. The molecule has 0 bridgehead atoms. The first-order valence-corrected chi connectivity index (χ1v) is 12.7. The minimum atomic E-state index is -3.66. The molecule has 0 saturated carbocycles. The molecule has 3 heterocycles. The molecule has 31 heavy (non-hydrogen) atoms. The molecular formula is C25H30N2O3S. The summed E-state index contributed by atoms with van der Waals surface area (Å²) in [6.07, 6.45) is 7.48. The van der Waals surface area contributed by atoms with Crippen LogP contribution in [0.3, 0.4) is 0 Å². The Bertz CT molecular complexity index is 1180. The van der Waals surface area contributed by atoms with Crippen molar-refractivity contribution in [3.05, 3.63) is 65.9 Å². The first-order valence-electron chi connectivity index (χ1n) is 11.3. The number of benzene rings is 2. The van der Waals surface area contributed by atoms with Gasteiger partial charge < -0.3 is 5.11 Å². The van der Waals surface area contributed by atoms with Gasteiger partial charge in [0, 0.05) is 23.7 Å². The summed E-state index contributed by atoms with van der Waals surface area (Å²) in [5.74, 6) is 0. The molecule has 0 amide bonds. The summed E-state index contributed by atoms with van der Waals surface area (Å²) in [7, 11) is -3.66. The number of piperidine rings is 1. The number of fused-ring (bicyclic) bond motifs is 2. The SMILES string of the molecule is Cc1ccc(S(=O)(=O)n2ccc3ccc(C4CCC(O)CC5CCCCN54)cc32)cc1. The van der Waals surface area contributed by atoms with Crippen molar-refractivity contribution in [2.45, 2.75) is 68.5 Å². The zero-order valence-corrected chi connectivity index (χ0v) is 18.8. The minimum absolute atomic E-state index is 0.220. The smallest absolute Gasteiger partial charge is 0.268 e. The summed E-state index contributed by atoms with van der Waals surface area (Å²) in [5, 5.41) is 11.3. The molecule has 1 aromatic heterocycles. The van der Waals surface area contributed by atoms with Crippen LogP contribution in [-0.2, 0) is 10.0 Å². The predicted octanol–water partition coefficient (Wildman–Crippen LogP) is 4.63. The Morgan fingerprint density at radius 2 is 1.77 bits per heavy atom. The topological polar surface area (TPSA) is 62.5 Å². The Kier molecular flexibility index (Phi) is 5.40. The van der Waals surface area contributed by atoms with E-state index in [0.717, 1.165) is 54.3 Å². The van der Waals surface area contributed by atoms with Gasteiger partial charge in [0.15, 0.2) is 0 Å². The lowest BCUT2D eigenvalue weighted by Crippen LogP contribution is -2.41. The number of rotatable bonds is 3. The Hall–Kier alpha value is -2.15. The standard InChI is InChI=1S/C25H30N2O3S/c1-18-5-10-23(11-6-18)31(29,30)27-15-13-19-7-8-20(16-25(19)27)24-12-9-22(28)17-21-4-2-3-14-26(21)24/h5-8,10-11,13,15-16,21-22,24,28H,2-4,9,12,14,17H2,1H3. The van der Waals surface area contributed by atoms with Crippen LogP contribution in [0.25, 0.3) is 10.9 Å². The molecule has 3 unspecified atom stereocenters. The Labute approximate surface area is 184 Å². The largest absolute Gasteiger partial charge is 0.393 e. The van der Waals surface area contributed by atoms with Gasteiger partial charge in [-0.1, -0.05) is 36.2 Å². The van der Waals surface area contributed by atoms with Gasteiger partial charge in [0.25, 0.3) is 10.0 Å². The second-order valence-electron chi connectivity index (χ2n) is 9.12. The fourth-order valence-electron chi connectivity index (χ4n) is 5.35. The molecule has 5 nitrogen and oxygen atoms in total. The van der Waals surface area contributed by atoms with E-state index in [1.54, 1.807) is 18.3 Å². The zero-order chi connectivity index (χ0) is 21.6. The van der Waals surface area contributed by atoms with Crippen LogP contribution in [0, 0.1) is 6.92 Å². The van der Waals surface area contributed by atoms with Gasteiger partial charge in [0.2, 0.25) is 0 Å². The van der Waals surface area contributed by atoms with E-state index in [4.69, 9.17) is 0 Å². The fraction of sp³-hybridized carbons (Fsp3) is 0.440. The van der Waals surface area contributed by atoms with E-state index in [9.17, 15) is 13.5 Å². The van der Waals surface area contributed by atoms with E-state index in [1.165, 1.54) is 16.8 Å². The summed E-state index contributed by atoms with van der Waals surface area (Å²) < 4.78 is 28.1. The van der Waals surface area contributed by atoms with Crippen molar-refractivity contribution in [1.82, 2.24) is 8.87 Å². The molecular weight excluding hydrogens is 408 g/mol. The van der Waals surface area contributed by atoms with Crippen LogP contribution < -0.4 is 0 Å². The summed E-state index contributed by atoms with van der Waals surface area (Å²) in [6.45, 7) is 2.99. The third-order valence-corrected chi connectivity index (χ3v) is 8.74. The van der Waals surface area contributed by atoms with Crippen LogP contribution in [0.15, 0.2) is 59.6 Å². The average Bonchev–Trinajstić information content (AvgIpc) is 3.11. The molecule has 0 spiro atoms. The van der Waals surface area contributed by atoms with Crippen molar-refractivity contribution >= 4 is 20.9 Å². The van der Waals surface area contributed by atoms with E-state index in [2.05, 4.69) is 17.0 Å². The molecule has 0 radical (unpaired) electrons. The van der Waals surface area contributed by atoms with E-state index in [1.807, 2.05) is 31.2 Å². The number of hydrogen-bond donors (Lipinski definition) is 1. The van der Waals surface area contributed by atoms with Crippen LogP contribution >= 0.6 is 0 Å². The monoisotopic (exact) mass is 438 g/mol. The van der Waals surface area contributed by atoms with E-state index >= 15 is 0 Å². The third-order valence-electron chi connectivity index (χ3n) is 7.03. The summed E-state index contributed by atoms with van der Waals surface area (Å²) in [6, 6.07) is 15.7. The van der Waals surface area contributed by atoms with Crippen LogP contribution in [0.4, 0.5) is 0 Å². The maximum Gasteiger partial charge on any atom is 0.268 e. The number of nitrogens with zero attached hydrogens (tertiary/aromatic N) is 2. The van der Waals surface area contributed by atoms with Gasteiger partial charge in [0.05, 0.1) is 16.5 Å². The number of aromatic nitrogens is 1. The van der Waals surface area contributed by atoms with Gasteiger partial charge in [-0.05, 0) is 75.4 Å². The van der Waals surface area contributed by atoms with Gasteiger partial charge in [-0.2, -0.15) is 0 Å². The average molecular weight is 439 g/mol. The first-order chi connectivity index (χ1) is 14.9. The molecule has 2 aliphatic heterocycles. The highest BCUT2D eigenvalue weighted by Crippen LogP contribution is 2.38. The number of aryl methyl sites for hydroxylation is 1. The lowest BCUT2D eigenvalue weighted by atomic mass is 9.95. The fourth-order valence-corrected chi connectivity index (χ4v) is 6.70. The molecule has 0 aliphatic carbocycles. The zero-order valence-electron chi connectivity index (χ0n) is 17.9. The van der Waals surface area contributed by atoms with Crippen molar-refractivity contribution in [3.8, 4) is 0 Å². The highest BCUT2D eigenvalue weighted by molar-refractivity contribution is 7.90. The first kappa shape index (κ1) is 20.7. The van der Waals surface area contributed by atoms with Gasteiger partial charge in [0.1, 0.15) is 0 Å². The lowest BCUT2D eigenvalue weighted by molar-refractivity contribution is 0.0787. The highest BCUT2D eigenvalue weighted by atomic mass is 32.2. The van der Waals surface area contributed by atoms with Crippen molar-refractivity contribution in [2.75, 3.05) is 6.54 Å². The minimum Gasteiger partial charge on any atom is -0.393 e. The second kappa shape index (κ2) is 8.08. The normalized spacial score (nSPS) is 25.3. The van der Waals surface area contributed by atoms with Crippen LogP contribution in [0.5, 0.6) is 0 Å². The molecule has 164 valence electrons.